The molecule has 0 aliphatic rings. The van der Waals surface area contributed by atoms with Crippen molar-refractivity contribution in [3.8, 4) is 22.3 Å². The predicted molar refractivity (Wildman–Crippen MR) is 186 cm³/mol. The summed E-state index contributed by atoms with van der Waals surface area (Å²) in [6.07, 6.45) is 0. The van der Waals surface area contributed by atoms with Crippen LogP contribution >= 0.6 is 0 Å². The first-order valence-corrected chi connectivity index (χ1v) is 15.3. The van der Waals surface area contributed by atoms with Gasteiger partial charge in [0.25, 0.3) is 0 Å². The van der Waals surface area contributed by atoms with E-state index in [-0.39, 0.29) is 0 Å². The van der Waals surface area contributed by atoms with Crippen molar-refractivity contribution in [2.75, 3.05) is 0 Å². The molecular formula is C41H23N3O. The number of para-hydroxylation sites is 3. The van der Waals surface area contributed by atoms with Crippen molar-refractivity contribution in [3.63, 3.8) is 0 Å². The molecule has 0 unspecified atom stereocenters. The second-order valence-electron chi connectivity index (χ2n) is 12.1. The van der Waals surface area contributed by atoms with Crippen LogP contribution < -0.4 is 0 Å². The molecule has 0 atom stereocenters. The third-order valence-electron chi connectivity index (χ3n) is 9.62. The van der Waals surface area contributed by atoms with Crippen LogP contribution in [0.1, 0.15) is 0 Å². The van der Waals surface area contributed by atoms with E-state index in [9.17, 15) is 0 Å². The maximum Gasteiger partial charge on any atom is 0.220 e. The van der Waals surface area contributed by atoms with Crippen molar-refractivity contribution in [1.82, 2.24) is 13.8 Å². The average molecular weight is 574 g/mol. The lowest BCUT2D eigenvalue weighted by Crippen LogP contribution is -1.85. The summed E-state index contributed by atoms with van der Waals surface area (Å²) in [6, 6.07) is 50.1. The van der Waals surface area contributed by atoms with E-state index in [1.165, 1.54) is 60.3 Å². The zero-order chi connectivity index (χ0) is 29.2. The highest BCUT2D eigenvalue weighted by molar-refractivity contribution is 6.19. The second-order valence-corrected chi connectivity index (χ2v) is 12.1. The van der Waals surface area contributed by atoms with Crippen LogP contribution in [-0.4, -0.2) is 13.8 Å². The molecule has 4 heterocycles. The number of benzene rings is 7. The number of hydrogen-bond donors (Lipinski definition) is 0. The quantitative estimate of drug-likeness (QED) is 0.206. The van der Waals surface area contributed by atoms with E-state index in [0.717, 1.165) is 38.7 Å². The Balaban J connectivity index is 1.15. The standard InChI is InChI=1S/C41H23N3O/c1-2-8-27-22-36-31(19-26(27)7-1)33-21-29(23-37-40(33)44(36)41-42-34-10-4-5-11-35(34)43(37)41)25-15-13-24(14-16-25)28-17-18-39-32(20-28)30-9-3-6-12-38(30)45-39/h1-23H. The van der Waals surface area contributed by atoms with Crippen LogP contribution in [0, 0.1) is 0 Å². The van der Waals surface area contributed by atoms with E-state index in [0.29, 0.717) is 0 Å². The van der Waals surface area contributed by atoms with Crippen LogP contribution in [0.5, 0.6) is 0 Å². The van der Waals surface area contributed by atoms with E-state index in [4.69, 9.17) is 9.40 Å². The minimum atomic E-state index is 0.918. The Hall–Kier alpha value is -6.13. The van der Waals surface area contributed by atoms with Gasteiger partial charge in [0.2, 0.25) is 5.78 Å². The molecule has 11 aromatic rings. The maximum absolute atomic E-state index is 6.07. The van der Waals surface area contributed by atoms with Gasteiger partial charge >= 0.3 is 0 Å². The van der Waals surface area contributed by atoms with Crippen molar-refractivity contribution >= 4 is 76.8 Å². The molecule has 45 heavy (non-hydrogen) atoms. The summed E-state index contributed by atoms with van der Waals surface area (Å²) in [5, 5.41) is 7.28. The molecule has 4 aromatic heterocycles. The summed E-state index contributed by atoms with van der Waals surface area (Å²) in [7, 11) is 0. The molecule has 7 aromatic carbocycles. The fraction of sp³-hybridized carbons (Fsp3) is 0. The number of nitrogens with zero attached hydrogens (tertiary/aromatic N) is 3. The fourth-order valence-corrected chi connectivity index (χ4v) is 7.52. The first-order chi connectivity index (χ1) is 22.3. The molecular weight excluding hydrogens is 550 g/mol. The van der Waals surface area contributed by atoms with Crippen LogP contribution in [0.3, 0.4) is 0 Å². The molecule has 11 rings (SSSR count). The van der Waals surface area contributed by atoms with Crippen molar-refractivity contribution in [2.45, 2.75) is 0 Å². The third-order valence-corrected chi connectivity index (χ3v) is 9.62. The van der Waals surface area contributed by atoms with Crippen molar-refractivity contribution in [2.24, 2.45) is 0 Å². The molecule has 0 aliphatic carbocycles. The minimum absolute atomic E-state index is 0.918. The number of aromatic nitrogens is 3. The van der Waals surface area contributed by atoms with Crippen LogP contribution in [0.25, 0.3) is 99.1 Å². The highest BCUT2D eigenvalue weighted by atomic mass is 16.3. The average Bonchev–Trinajstić information content (AvgIpc) is 3.83. The van der Waals surface area contributed by atoms with E-state index < -0.39 is 0 Å². The van der Waals surface area contributed by atoms with Gasteiger partial charge in [-0.15, -0.1) is 0 Å². The first-order valence-electron chi connectivity index (χ1n) is 15.3. The molecule has 4 heteroatoms. The molecule has 4 nitrogen and oxygen atoms in total. The summed E-state index contributed by atoms with van der Waals surface area (Å²) in [5.74, 6) is 0.955. The molecule has 0 saturated heterocycles. The Bertz CT molecular complexity index is 2970. The summed E-state index contributed by atoms with van der Waals surface area (Å²) in [4.78, 5) is 5.14. The van der Waals surface area contributed by atoms with Gasteiger partial charge in [0.15, 0.2) is 0 Å². The largest absolute Gasteiger partial charge is 0.456 e. The minimum Gasteiger partial charge on any atom is -0.456 e. The Morgan fingerprint density at radius 3 is 2.00 bits per heavy atom. The molecule has 0 spiro atoms. The number of hydrogen-bond acceptors (Lipinski definition) is 2. The normalized spacial score (nSPS) is 12.4. The van der Waals surface area contributed by atoms with Crippen molar-refractivity contribution < 1.29 is 4.42 Å². The van der Waals surface area contributed by atoms with Crippen LogP contribution in [-0.2, 0) is 0 Å². The van der Waals surface area contributed by atoms with Crippen LogP contribution in [0.15, 0.2) is 144 Å². The van der Waals surface area contributed by atoms with Gasteiger partial charge in [0, 0.05) is 21.5 Å². The Labute approximate surface area is 256 Å². The van der Waals surface area contributed by atoms with Gasteiger partial charge < -0.3 is 4.42 Å². The lowest BCUT2D eigenvalue weighted by molar-refractivity contribution is 0.669. The second kappa shape index (κ2) is 8.28. The van der Waals surface area contributed by atoms with Crippen LogP contribution in [0.4, 0.5) is 0 Å². The Morgan fingerprint density at radius 1 is 0.422 bits per heavy atom. The summed E-state index contributed by atoms with van der Waals surface area (Å²) in [6.45, 7) is 0. The summed E-state index contributed by atoms with van der Waals surface area (Å²) < 4.78 is 10.8. The number of furan rings is 1. The lowest BCUT2D eigenvalue weighted by Gasteiger charge is -2.07. The molecule has 0 amide bonds. The highest BCUT2D eigenvalue weighted by Crippen LogP contribution is 2.41. The maximum atomic E-state index is 6.07. The SMILES string of the molecule is c1ccc2cc3c(cc2c1)c1cc(-c2ccc(-c4ccc5oc6ccccc6c5c4)cc2)cc2c1n3c1nc3ccccc3n21. The van der Waals surface area contributed by atoms with E-state index in [1.54, 1.807) is 0 Å². The number of fused-ring (bicyclic) bond motifs is 12. The highest BCUT2D eigenvalue weighted by Gasteiger charge is 2.22. The Morgan fingerprint density at radius 2 is 1.11 bits per heavy atom. The molecule has 0 aliphatic heterocycles. The fourth-order valence-electron chi connectivity index (χ4n) is 7.52. The van der Waals surface area contributed by atoms with Crippen molar-refractivity contribution in [1.29, 1.82) is 0 Å². The lowest BCUT2D eigenvalue weighted by atomic mass is 9.97. The van der Waals surface area contributed by atoms with Gasteiger partial charge in [-0.25, -0.2) is 4.98 Å². The van der Waals surface area contributed by atoms with Crippen molar-refractivity contribution in [3.05, 3.63) is 140 Å². The van der Waals surface area contributed by atoms with E-state index >= 15 is 0 Å². The monoisotopic (exact) mass is 573 g/mol. The Kier molecular flexibility index (Phi) is 4.29. The molecule has 0 radical (unpaired) electrons. The topological polar surface area (TPSA) is 34.9 Å². The van der Waals surface area contributed by atoms with Gasteiger partial charge in [-0.05, 0) is 87.6 Å². The smallest absolute Gasteiger partial charge is 0.220 e. The van der Waals surface area contributed by atoms with Gasteiger partial charge in [0.05, 0.1) is 27.6 Å². The third kappa shape index (κ3) is 3.08. The molecule has 208 valence electrons. The number of imidazole rings is 2. The van der Waals surface area contributed by atoms with E-state index in [2.05, 4.69) is 136 Å². The zero-order valence-electron chi connectivity index (χ0n) is 24.0. The zero-order valence-corrected chi connectivity index (χ0v) is 24.0. The summed E-state index contributed by atoms with van der Waals surface area (Å²) >= 11 is 0. The van der Waals surface area contributed by atoms with Gasteiger partial charge in [-0.1, -0.05) is 84.9 Å². The van der Waals surface area contributed by atoms with E-state index in [1.807, 2.05) is 12.1 Å². The van der Waals surface area contributed by atoms with Gasteiger partial charge in [-0.2, -0.15) is 0 Å². The number of rotatable bonds is 2. The van der Waals surface area contributed by atoms with Gasteiger partial charge in [0.1, 0.15) is 11.2 Å². The molecule has 0 N–H and O–H groups in total. The molecule has 0 fully saturated rings. The first kappa shape index (κ1) is 23.3. The summed E-state index contributed by atoms with van der Waals surface area (Å²) in [5.41, 5.74) is 12.3. The molecule has 0 bridgehead atoms. The molecule has 0 saturated carbocycles. The predicted octanol–water partition coefficient (Wildman–Crippen LogP) is 10.9. The van der Waals surface area contributed by atoms with Crippen LogP contribution in [0.2, 0.25) is 0 Å². The van der Waals surface area contributed by atoms with Gasteiger partial charge in [-0.3, -0.25) is 8.80 Å².